The van der Waals surface area contributed by atoms with Crippen LogP contribution in [0.3, 0.4) is 0 Å². The van der Waals surface area contributed by atoms with Crippen LogP contribution in [0.15, 0.2) is 18.2 Å². The van der Waals surface area contributed by atoms with Gasteiger partial charge in [0.15, 0.2) is 5.82 Å². The van der Waals surface area contributed by atoms with E-state index < -0.39 is 0 Å². The van der Waals surface area contributed by atoms with Gasteiger partial charge in [-0.3, -0.25) is 0 Å². The van der Waals surface area contributed by atoms with Gasteiger partial charge in [0.05, 0.1) is 7.11 Å². The van der Waals surface area contributed by atoms with Crippen molar-refractivity contribution in [1.29, 1.82) is 0 Å². The van der Waals surface area contributed by atoms with E-state index in [9.17, 15) is 0 Å². The number of nitrogens with two attached hydrogens (primary N) is 1. The quantitative estimate of drug-likeness (QED) is 0.711. The number of benzene rings is 1. The number of nitrogens with zero attached hydrogens (tertiary/aromatic N) is 4. The fourth-order valence-corrected chi connectivity index (χ4v) is 2.43. The molecule has 6 nitrogen and oxygen atoms in total. The Balaban J connectivity index is 2.19. The number of hydrogen-bond acceptors (Lipinski definition) is 6. The molecule has 18 heavy (non-hydrogen) atoms. The summed E-state index contributed by atoms with van der Waals surface area (Å²) < 4.78 is 6.83. The molecule has 0 fully saturated rings. The average Bonchev–Trinajstić information content (AvgIpc) is 2.88. The molecule has 0 unspecified atom stereocenters. The first-order valence-electron chi connectivity index (χ1n) is 5.32. The summed E-state index contributed by atoms with van der Waals surface area (Å²) in [5.74, 6) is 1.36. The standard InChI is InChI=1S/C11H11N5OS/c1-6-15-16-10(13-14-11(16)18-6)8-4-3-7(17-2)5-9(8)12/h3-5H,12H2,1-2H3. The number of methoxy groups -OCH3 is 1. The van der Waals surface area contributed by atoms with Crippen LogP contribution in [0.5, 0.6) is 5.75 Å². The van der Waals surface area contributed by atoms with Crippen molar-refractivity contribution in [3.63, 3.8) is 0 Å². The molecule has 1 aromatic carbocycles. The van der Waals surface area contributed by atoms with E-state index >= 15 is 0 Å². The van der Waals surface area contributed by atoms with Crippen molar-refractivity contribution in [3.05, 3.63) is 23.2 Å². The predicted molar refractivity (Wildman–Crippen MR) is 69.8 cm³/mol. The van der Waals surface area contributed by atoms with E-state index in [0.717, 1.165) is 15.5 Å². The maximum atomic E-state index is 6.00. The van der Waals surface area contributed by atoms with Gasteiger partial charge < -0.3 is 10.5 Å². The molecular formula is C11H11N5OS. The van der Waals surface area contributed by atoms with Crippen LogP contribution in [0.4, 0.5) is 5.69 Å². The average molecular weight is 261 g/mol. The van der Waals surface area contributed by atoms with Crippen LogP contribution in [0.2, 0.25) is 0 Å². The Morgan fingerprint density at radius 1 is 1.33 bits per heavy atom. The monoisotopic (exact) mass is 261 g/mol. The van der Waals surface area contributed by atoms with Gasteiger partial charge in [-0.25, -0.2) is 0 Å². The molecular weight excluding hydrogens is 250 g/mol. The molecule has 0 aliphatic carbocycles. The summed E-state index contributed by atoms with van der Waals surface area (Å²) in [4.78, 5) is 0.762. The predicted octanol–water partition coefficient (Wildman–Crippen LogP) is 1.75. The van der Waals surface area contributed by atoms with E-state index in [1.54, 1.807) is 17.7 Å². The number of rotatable bonds is 2. The van der Waals surface area contributed by atoms with Gasteiger partial charge in [0.25, 0.3) is 0 Å². The molecule has 92 valence electrons. The molecule has 0 amide bonds. The van der Waals surface area contributed by atoms with Crippen molar-refractivity contribution in [3.8, 4) is 17.1 Å². The molecule has 3 aromatic rings. The summed E-state index contributed by atoms with van der Waals surface area (Å²) in [6.45, 7) is 1.93. The van der Waals surface area contributed by atoms with Gasteiger partial charge in [-0.1, -0.05) is 11.3 Å². The van der Waals surface area contributed by atoms with Gasteiger partial charge in [-0.15, -0.1) is 10.2 Å². The summed E-state index contributed by atoms with van der Waals surface area (Å²) in [7, 11) is 1.60. The van der Waals surface area contributed by atoms with E-state index in [1.807, 2.05) is 19.1 Å². The Morgan fingerprint density at radius 2 is 2.17 bits per heavy atom. The number of anilines is 1. The molecule has 0 bridgehead atoms. The molecule has 0 aliphatic heterocycles. The lowest BCUT2D eigenvalue weighted by molar-refractivity contribution is 0.415. The summed E-state index contributed by atoms with van der Waals surface area (Å²) in [5, 5.41) is 13.5. The molecule has 2 heterocycles. The lowest BCUT2D eigenvalue weighted by atomic mass is 10.1. The minimum atomic E-state index is 0.592. The van der Waals surface area contributed by atoms with Crippen molar-refractivity contribution in [1.82, 2.24) is 19.8 Å². The Bertz CT molecular complexity index is 717. The van der Waals surface area contributed by atoms with Gasteiger partial charge in [0.2, 0.25) is 4.96 Å². The summed E-state index contributed by atoms with van der Waals surface area (Å²) in [6.07, 6.45) is 0. The first-order chi connectivity index (χ1) is 8.69. The van der Waals surface area contributed by atoms with Crippen LogP contribution in [0, 0.1) is 6.92 Å². The second-order valence-electron chi connectivity index (χ2n) is 3.79. The van der Waals surface area contributed by atoms with E-state index in [2.05, 4.69) is 15.3 Å². The first kappa shape index (κ1) is 11.0. The lowest BCUT2D eigenvalue weighted by Crippen LogP contribution is -1.96. The van der Waals surface area contributed by atoms with Crippen LogP contribution in [0.25, 0.3) is 16.3 Å². The number of aryl methyl sites for hydroxylation is 1. The second kappa shape index (κ2) is 3.95. The third kappa shape index (κ3) is 1.60. The highest BCUT2D eigenvalue weighted by atomic mass is 32.1. The van der Waals surface area contributed by atoms with Crippen molar-refractivity contribution in [2.75, 3.05) is 12.8 Å². The Morgan fingerprint density at radius 3 is 2.89 bits per heavy atom. The molecule has 2 aromatic heterocycles. The summed E-state index contributed by atoms with van der Waals surface area (Å²) in [5.41, 5.74) is 7.39. The van der Waals surface area contributed by atoms with Gasteiger partial charge in [-0.05, 0) is 19.1 Å². The normalized spacial score (nSPS) is 11.0. The maximum Gasteiger partial charge on any atom is 0.234 e. The van der Waals surface area contributed by atoms with E-state index in [0.29, 0.717) is 17.3 Å². The SMILES string of the molecule is COc1ccc(-c2nnc3sc(C)nn23)c(N)c1. The number of hydrogen-bond donors (Lipinski definition) is 1. The van der Waals surface area contributed by atoms with Gasteiger partial charge >= 0.3 is 0 Å². The molecule has 7 heteroatoms. The molecule has 2 N–H and O–H groups in total. The minimum Gasteiger partial charge on any atom is -0.497 e. The highest BCUT2D eigenvalue weighted by molar-refractivity contribution is 7.16. The molecule has 0 spiro atoms. The van der Waals surface area contributed by atoms with Crippen LogP contribution >= 0.6 is 11.3 Å². The molecule has 0 saturated heterocycles. The summed E-state index contributed by atoms with van der Waals surface area (Å²) >= 11 is 1.49. The Kier molecular flexibility index (Phi) is 2.41. The molecule has 3 rings (SSSR count). The zero-order valence-electron chi connectivity index (χ0n) is 9.91. The second-order valence-corrected chi connectivity index (χ2v) is 4.95. The van der Waals surface area contributed by atoms with Crippen LogP contribution < -0.4 is 10.5 Å². The van der Waals surface area contributed by atoms with E-state index in [-0.39, 0.29) is 0 Å². The summed E-state index contributed by atoms with van der Waals surface area (Å²) in [6, 6.07) is 5.46. The number of ether oxygens (including phenoxy) is 1. The molecule has 0 atom stereocenters. The van der Waals surface area contributed by atoms with Crippen molar-refractivity contribution < 1.29 is 4.74 Å². The zero-order valence-corrected chi connectivity index (χ0v) is 10.7. The fourth-order valence-electron chi connectivity index (χ4n) is 1.75. The van der Waals surface area contributed by atoms with Crippen LogP contribution in [0.1, 0.15) is 5.01 Å². The van der Waals surface area contributed by atoms with Gasteiger partial charge in [0.1, 0.15) is 10.8 Å². The third-order valence-corrected chi connectivity index (χ3v) is 3.41. The van der Waals surface area contributed by atoms with Crippen molar-refractivity contribution >= 4 is 22.0 Å². The van der Waals surface area contributed by atoms with Crippen molar-refractivity contribution in [2.45, 2.75) is 6.92 Å². The van der Waals surface area contributed by atoms with Gasteiger partial charge in [-0.2, -0.15) is 9.61 Å². The van der Waals surface area contributed by atoms with E-state index in [1.165, 1.54) is 11.3 Å². The maximum absolute atomic E-state index is 6.00. The third-order valence-electron chi connectivity index (χ3n) is 2.59. The van der Waals surface area contributed by atoms with E-state index in [4.69, 9.17) is 10.5 Å². The largest absolute Gasteiger partial charge is 0.497 e. The molecule has 0 saturated carbocycles. The highest BCUT2D eigenvalue weighted by Crippen LogP contribution is 2.29. The topological polar surface area (TPSA) is 78.3 Å². The number of aromatic nitrogens is 4. The number of fused-ring (bicyclic) bond motifs is 1. The van der Waals surface area contributed by atoms with Crippen LogP contribution in [-0.4, -0.2) is 26.9 Å². The highest BCUT2D eigenvalue weighted by Gasteiger charge is 2.14. The molecule has 0 aliphatic rings. The minimum absolute atomic E-state index is 0.592. The van der Waals surface area contributed by atoms with Crippen molar-refractivity contribution in [2.24, 2.45) is 0 Å². The fraction of sp³-hybridized carbons (Fsp3) is 0.182. The zero-order chi connectivity index (χ0) is 12.7. The number of nitrogen functional groups attached to an aromatic ring is 1. The molecule has 0 radical (unpaired) electrons. The van der Waals surface area contributed by atoms with Crippen LogP contribution in [-0.2, 0) is 0 Å². The lowest BCUT2D eigenvalue weighted by Gasteiger charge is -2.05. The Hall–Kier alpha value is -2.15. The Labute approximate surface area is 107 Å². The van der Waals surface area contributed by atoms with Gasteiger partial charge in [0, 0.05) is 17.3 Å². The first-order valence-corrected chi connectivity index (χ1v) is 6.13. The smallest absolute Gasteiger partial charge is 0.234 e.